The predicted molar refractivity (Wildman–Crippen MR) is 150 cm³/mol. The van der Waals surface area contributed by atoms with Gasteiger partial charge < -0.3 is 4.74 Å². The van der Waals surface area contributed by atoms with Crippen LogP contribution in [0.4, 0.5) is 10.5 Å². The minimum Gasteiger partial charge on any atom is -0.433 e. The van der Waals surface area contributed by atoms with Gasteiger partial charge in [0, 0.05) is 10.7 Å². The first kappa shape index (κ1) is 29.9. The van der Waals surface area contributed by atoms with E-state index < -0.39 is 12.2 Å². The second-order valence-electron chi connectivity index (χ2n) is 7.00. The Morgan fingerprint density at radius 2 is 1.41 bits per heavy atom. The molecule has 0 bridgehead atoms. The van der Waals surface area contributed by atoms with Gasteiger partial charge in [-0.25, -0.2) is 4.79 Å². The first-order valence-corrected chi connectivity index (χ1v) is 11.6. The highest BCUT2D eigenvalue weighted by Gasteiger charge is 2.12. The molecule has 0 aliphatic heterocycles. The number of rotatable bonds is 7. The second-order valence-corrected chi connectivity index (χ2v) is 7.40. The van der Waals surface area contributed by atoms with Gasteiger partial charge in [-0.2, -0.15) is 0 Å². The van der Waals surface area contributed by atoms with Gasteiger partial charge in [-0.15, -0.1) is 6.42 Å². The number of anilines is 1. The van der Waals surface area contributed by atoms with Gasteiger partial charge in [-0.05, 0) is 144 Å². The summed E-state index contributed by atoms with van der Waals surface area (Å²) in [6.45, 7) is 3.99. The quantitative estimate of drug-likeness (QED) is 0.414. The number of nitrogens with one attached hydrogen (secondary N) is 1. The molecule has 0 aromatic heterocycles. The molecule has 1 amide bonds. The Kier molecular flexibility index (Phi) is 16.3. The molecule has 0 saturated heterocycles. The Morgan fingerprint density at radius 1 is 0.865 bits per heavy atom. The number of carbonyl (C=O) groups excluding carboxylic acids is 1. The van der Waals surface area contributed by atoms with Crippen LogP contribution < -0.4 is 5.32 Å². The van der Waals surface area contributed by atoms with Crippen molar-refractivity contribution in [1.82, 2.24) is 0 Å². The van der Waals surface area contributed by atoms with Gasteiger partial charge in [0.1, 0.15) is 0 Å². The van der Waals surface area contributed by atoms with Crippen LogP contribution >= 0.6 is 11.6 Å². The van der Waals surface area contributed by atoms with Crippen molar-refractivity contribution in [3.05, 3.63) is 28.8 Å². The van der Waals surface area contributed by atoms with Crippen LogP contribution in [0.2, 0.25) is 5.02 Å². The Hall–Kier alpha value is -5.18. The zero-order valence-electron chi connectivity index (χ0n) is 20.6. The molecule has 0 fully saturated rings. The van der Waals surface area contributed by atoms with Crippen molar-refractivity contribution in [2.75, 3.05) is 5.32 Å². The number of aryl methyl sites for hydroxylation is 1. The minimum absolute atomic E-state index is 0.585. The van der Waals surface area contributed by atoms with E-state index in [1.54, 1.807) is 18.2 Å². The van der Waals surface area contributed by atoms with Crippen molar-refractivity contribution >= 4 is 23.4 Å². The second kappa shape index (κ2) is 20.2. The zero-order chi connectivity index (χ0) is 27.0. The fraction of sp³-hybridized carbons (Fsp3) is 0.242. The highest BCUT2D eigenvalue weighted by molar-refractivity contribution is 6.31. The lowest BCUT2D eigenvalue weighted by molar-refractivity contribution is 0.132. The van der Waals surface area contributed by atoms with E-state index in [0.29, 0.717) is 17.1 Å². The molecular weight excluding hydrogens is 478 g/mol. The molecule has 178 valence electrons. The van der Waals surface area contributed by atoms with E-state index in [4.69, 9.17) is 22.8 Å². The van der Waals surface area contributed by atoms with E-state index in [1.165, 1.54) is 0 Å². The van der Waals surface area contributed by atoms with Crippen LogP contribution in [-0.2, 0) is 4.74 Å². The van der Waals surface area contributed by atoms with E-state index in [0.717, 1.165) is 31.2 Å². The molecule has 3 nitrogen and oxygen atoms in total. The monoisotopic (exact) mass is 499 g/mol. The number of unbranched alkanes of at least 4 members (excludes halogenated alkanes) is 3. The summed E-state index contributed by atoms with van der Waals surface area (Å²) in [5, 5.41) is 3.32. The van der Waals surface area contributed by atoms with E-state index in [-0.39, 0.29) is 0 Å². The maximum atomic E-state index is 12.3. The average Bonchev–Trinajstić information content (AvgIpc) is 2.88. The van der Waals surface area contributed by atoms with E-state index in [2.05, 4.69) is 113 Å². The summed E-state index contributed by atoms with van der Waals surface area (Å²) in [7, 11) is 0. The van der Waals surface area contributed by atoms with Crippen molar-refractivity contribution in [2.45, 2.75) is 52.1 Å². The van der Waals surface area contributed by atoms with Gasteiger partial charge in [0.15, 0.2) is 6.10 Å². The Labute approximate surface area is 225 Å². The minimum atomic E-state index is -0.588. The topological polar surface area (TPSA) is 38.3 Å². The summed E-state index contributed by atoms with van der Waals surface area (Å²) in [5.74, 6) is 42.8. The third kappa shape index (κ3) is 16.1. The van der Waals surface area contributed by atoms with Crippen molar-refractivity contribution in [1.29, 1.82) is 0 Å². The lowest BCUT2D eigenvalue weighted by Crippen LogP contribution is -2.21. The van der Waals surface area contributed by atoms with Crippen LogP contribution in [0.3, 0.4) is 0 Å². The molecule has 0 saturated carbocycles. The normalized spacial score (nSPS) is 8.27. The van der Waals surface area contributed by atoms with Gasteiger partial charge in [0.2, 0.25) is 0 Å². The molecule has 0 spiro atoms. The highest BCUT2D eigenvalue weighted by Crippen LogP contribution is 2.19. The third-order valence-electron chi connectivity index (χ3n) is 4.15. The zero-order valence-corrected chi connectivity index (χ0v) is 21.4. The summed E-state index contributed by atoms with van der Waals surface area (Å²) in [6.07, 6.45) is 8.54. The van der Waals surface area contributed by atoms with E-state index >= 15 is 0 Å². The summed E-state index contributed by atoms with van der Waals surface area (Å²) >= 11 is 6.03. The lowest BCUT2D eigenvalue weighted by Gasteiger charge is -2.13. The molecule has 0 aliphatic carbocycles. The molecule has 1 N–H and O–H groups in total. The molecule has 1 aromatic rings. The molecular formula is C33H22ClNO2. The number of terminal acetylenes is 1. The van der Waals surface area contributed by atoms with Crippen LogP contribution in [0.5, 0.6) is 0 Å². The molecule has 1 atom stereocenters. The number of halogens is 1. The number of hydrogen-bond acceptors (Lipinski definition) is 2. The third-order valence-corrected chi connectivity index (χ3v) is 4.58. The molecule has 4 heteroatoms. The highest BCUT2D eigenvalue weighted by atomic mass is 35.5. The lowest BCUT2D eigenvalue weighted by atomic mass is 10.1. The molecule has 1 rings (SSSR count). The number of carbonyl (C=O) groups is 1. The maximum absolute atomic E-state index is 12.3. The maximum Gasteiger partial charge on any atom is 0.412 e. The molecule has 0 heterocycles. The number of benzene rings is 1. The van der Waals surface area contributed by atoms with Crippen molar-refractivity contribution in [2.24, 2.45) is 0 Å². The number of amides is 1. The van der Waals surface area contributed by atoms with Crippen LogP contribution in [-0.4, -0.2) is 12.2 Å². The van der Waals surface area contributed by atoms with E-state index in [9.17, 15) is 4.79 Å². The Balaban J connectivity index is 2.69. The van der Waals surface area contributed by atoms with Crippen LogP contribution in [0.25, 0.3) is 0 Å². The van der Waals surface area contributed by atoms with Gasteiger partial charge in [-0.1, -0.05) is 37.8 Å². The first-order valence-electron chi connectivity index (χ1n) is 11.3. The SMILES string of the molecule is C#CC#CC#CC#CC#CC#CC#CC#CC#CC(CCCCCC)OC(=O)Nc1ccc(Cl)c(C)c1. The molecule has 0 aliphatic rings. The van der Waals surface area contributed by atoms with Crippen LogP contribution in [0.15, 0.2) is 18.2 Å². The van der Waals surface area contributed by atoms with Gasteiger partial charge >= 0.3 is 6.09 Å². The van der Waals surface area contributed by atoms with Crippen LogP contribution in [0.1, 0.15) is 44.6 Å². The fourth-order valence-corrected chi connectivity index (χ4v) is 2.59. The standard InChI is InChI=1S/C33H22ClNO2/c1-4-6-8-10-11-12-13-14-15-16-17-18-19-20-21-23-25-31(24-22-9-7-5-2)37-33(36)35-30-26-27-32(34)29(3)28-30/h1,26-28,31H,5,7,9,22,24H2,2-3H3,(H,35,36). The predicted octanol–water partition coefficient (Wildman–Crippen LogP) is 5.20. The van der Waals surface area contributed by atoms with Crippen LogP contribution in [0, 0.1) is 114 Å². The fourth-order valence-electron chi connectivity index (χ4n) is 2.47. The average molecular weight is 500 g/mol. The van der Waals surface area contributed by atoms with Crippen molar-refractivity contribution in [3.8, 4) is 107 Å². The Bertz CT molecular complexity index is 1520. The van der Waals surface area contributed by atoms with Gasteiger partial charge in [-0.3, -0.25) is 5.32 Å². The molecule has 1 aromatic carbocycles. The van der Waals surface area contributed by atoms with Gasteiger partial charge in [0.25, 0.3) is 0 Å². The van der Waals surface area contributed by atoms with Gasteiger partial charge in [0.05, 0.1) is 0 Å². The van der Waals surface area contributed by atoms with E-state index in [1.807, 2.05) is 6.92 Å². The molecule has 1 unspecified atom stereocenters. The smallest absolute Gasteiger partial charge is 0.412 e. The van der Waals surface area contributed by atoms with Crippen molar-refractivity contribution in [3.63, 3.8) is 0 Å². The van der Waals surface area contributed by atoms with Crippen molar-refractivity contribution < 1.29 is 9.53 Å². The summed E-state index contributed by atoms with van der Waals surface area (Å²) in [6, 6.07) is 5.19. The number of ether oxygens (including phenoxy) is 1. The largest absolute Gasteiger partial charge is 0.433 e. The first-order chi connectivity index (χ1) is 18.1. The molecule has 37 heavy (non-hydrogen) atoms. The summed E-state index contributed by atoms with van der Waals surface area (Å²) < 4.78 is 5.50. The summed E-state index contributed by atoms with van der Waals surface area (Å²) in [4.78, 5) is 12.3. The Morgan fingerprint density at radius 3 is 1.92 bits per heavy atom. The number of hydrogen-bond donors (Lipinski definition) is 1. The molecule has 0 radical (unpaired) electrons. The summed E-state index contributed by atoms with van der Waals surface area (Å²) in [5.41, 5.74) is 1.45.